The number of phenols is 2. The predicted molar refractivity (Wildman–Crippen MR) is 114 cm³/mol. The van der Waals surface area contributed by atoms with Crippen molar-refractivity contribution in [2.24, 2.45) is 0 Å². The normalized spacial score (nSPS) is 13.8. The van der Waals surface area contributed by atoms with Crippen LogP contribution in [0.4, 0.5) is 0 Å². The maximum absolute atomic E-state index is 13.0. The van der Waals surface area contributed by atoms with E-state index in [2.05, 4.69) is 0 Å². The van der Waals surface area contributed by atoms with Crippen molar-refractivity contribution in [1.29, 1.82) is 0 Å². The van der Waals surface area contributed by atoms with E-state index >= 15 is 0 Å². The molecule has 3 aromatic rings. The van der Waals surface area contributed by atoms with E-state index in [0.29, 0.717) is 0 Å². The van der Waals surface area contributed by atoms with Crippen molar-refractivity contribution in [3.8, 4) is 11.5 Å². The first-order chi connectivity index (χ1) is 13.5. The van der Waals surface area contributed by atoms with Gasteiger partial charge in [0.2, 0.25) is 0 Å². The van der Waals surface area contributed by atoms with Crippen molar-refractivity contribution in [3.05, 3.63) is 91.4 Å². The number of hydrogen-bond acceptors (Lipinski definition) is 4. The van der Waals surface area contributed by atoms with Crippen LogP contribution in [-0.2, 0) is 14.9 Å². The van der Waals surface area contributed by atoms with E-state index in [1.54, 1.807) is 6.07 Å². The Hall–Kier alpha value is -1.67. The largest absolute Gasteiger partial charge is 0.508 e. The Kier molecular flexibility index (Phi) is 5.98. The van der Waals surface area contributed by atoms with Crippen LogP contribution in [0.1, 0.15) is 16.7 Å². The molecule has 0 aliphatic carbocycles. The molecule has 0 amide bonds. The molecule has 29 heavy (non-hydrogen) atoms. The number of hydrogen-bond donors (Lipinski definition) is 3. The number of aromatic hydroxyl groups is 2. The standard InChI is InChI=1S/C19H12Cl4O5S/c20-13-6-7-14(21)18(23)16(13)19(29(26,27)28,10-4-2-1-3-5-10)12-8-11(24)9-15(25)17(12)22/h1-9,24-25H,(H,26,27,28). The average Bonchev–Trinajstić information content (AvgIpc) is 2.65. The third kappa shape index (κ3) is 3.54. The Morgan fingerprint density at radius 3 is 1.97 bits per heavy atom. The lowest BCUT2D eigenvalue weighted by atomic mass is 9.83. The molecular weight excluding hydrogens is 482 g/mol. The van der Waals surface area contributed by atoms with Crippen LogP contribution in [0.25, 0.3) is 0 Å². The summed E-state index contributed by atoms with van der Waals surface area (Å²) >= 11 is 25.1. The number of phenolic OH excluding ortho intramolecular Hbond substituents is 2. The van der Waals surface area contributed by atoms with E-state index in [9.17, 15) is 23.2 Å². The highest BCUT2D eigenvalue weighted by molar-refractivity contribution is 7.87. The van der Waals surface area contributed by atoms with Gasteiger partial charge in [-0.3, -0.25) is 4.55 Å². The highest BCUT2D eigenvalue weighted by Crippen LogP contribution is 2.53. The van der Waals surface area contributed by atoms with Crippen LogP contribution >= 0.6 is 46.4 Å². The molecule has 0 saturated carbocycles. The summed E-state index contributed by atoms with van der Waals surface area (Å²) in [4.78, 5) is 0. The van der Waals surface area contributed by atoms with Crippen molar-refractivity contribution in [2.45, 2.75) is 4.75 Å². The third-order valence-corrected chi connectivity index (χ3v) is 7.33. The fraction of sp³-hybridized carbons (Fsp3) is 0.0526. The van der Waals surface area contributed by atoms with E-state index < -0.39 is 31.4 Å². The average molecular weight is 494 g/mol. The van der Waals surface area contributed by atoms with Gasteiger partial charge in [0.15, 0.2) is 4.75 Å². The van der Waals surface area contributed by atoms with Gasteiger partial charge in [-0.05, 0) is 23.8 Å². The molecule has 3 rings (SSSR count). The van der Waals surface area contributed by atoms with E-state index in [0.717, 1.165) is 12.1 Å². The summed E-state index contributed by atoms with van der Waals surface area (Å²) in [6.45, 7) is 0. The van der Waals surface area contributed by atoms with Gasteiger partial charge in [-0.15, -0.1) is 0 Å². The molecule has 0 fully saturated rings. The summed E-state index contributed by atoms with van der Waals surface area (Å²) in [7, 11) is -5.14. The second-order valence-electron chi connectivity index (χ2n) is 6.07. The Morgan fingerprint density at radius 2 is 1.38 bits per heavy atom. The van der Waals surface area contributed by atoms with Gasteiger partial charge in [0, 0.05) is 22.2 Å². The van der Waals surface area contributed by atoms with E-state index in [1.807, 2.05) is 0 Å². The zero-order valence-electron chi connectivity index (χ0n) is 14.3. The monoisotopic (exact) mass is 492 g/mol. The van der Waals surface area contributed by atoms with Gasteiger partial charge in [0.25, 0.3) is 10.1 Å². The Bertz CT molecular complexity index is 1200. The fourth-order valence-electron chi connectivity index (χ4n) is 3.22. The second-order valence-corrected chi connectivity index (χ2v) is 9.20. The maximum atomic E-state index is 13.0. The molecule has 0 spiro atoms. The molecule has 3 aromatic carbocycles. The molecular formula is C19H12Cl4O5S. The summed E-state index contributed by atoms with van der Waals surface area (Å²) in [5, 5.41) is 19.3. The van der Waals surface area contributed by atoms with Crippen LogP contribution < -0.4 is 0 Å². The molecule has 0 radical (unpaired) electrons. The molecule has 5 nitrogen and oxygen atoms in total. The van der Waals surface area contributed by atoms with E-state index in [1.165, 1.54) is 36.4 Å². The minimum atomic E-state index is -5.14. The lowest BCUT2D eigenvalue weighted by Gasteiger charge is -2.34. The van der Waals surface area contributed by atoms with Crippen LogP contribution in [0.15, 0.2) is 54.6 Å². The lowest BCUT2D eigenvalue weighted by molar-refractivity contribution is 0.444. The zero-order valence-corrected chi connectivity index (χ0v) is 18.1. The summed E-state index contributed by atoms with van der Waals surface area (Å²) in [5.41, 5.74) is -0.647. The van der Waals surface area contributed by atoms with E-state index in [4.69, 9.17) is 46.4 Å². The molecule has 0 aliphatic heterocycles. The molecule has 0 bridgehead atoms. The summed E-state index contributed by atoms with van der Waals surface area (Å²) in [5.74, 6) is -1.11. The van der Waals surface area contributed by atoms with Crippen molar-refractivity contribution >= 4 is 56.5 Å². The molecule has 152 valence electrons. The van der Waals surface area contributed by atoms with Gasteiger partial charge in [-0.2, -0.15) is 8.42 Å². The molecule has 1 unspecified atom stereocenters. The first-order valence-electron chi connectivity index (χ1n) is 7.90. The molecule has 0 aromatic heterocycles. The topological polar surface area (TPSA) is 94.8 Å². The van der Waals surface area contributed by atoms with Crippen molar-refractivity contribution in [1.82, 2.24) is 0 Å². The Balaban J connectivity index is 2.69. The fourth-order valence-corrected chi connectivity index (χ4v) is 5.80. The van der Waals surface area contributed by atoms with Crippen LogP contribution in [0.2, 0.25) is 20.1 Å². The second kappa shape index (κ2) is 7.87. The molecule has 1 atom stereocenters. The van der Waals surface area contributed by atoms with Crippen LogP contribution in [0.5, 0.6) is 11.5 Å². The Morgan fingerprint density at radius 1 is 0.793 bits per heavy atom. The van der Waals surface area contributed by atoms with E-state index in [-0.39, 0.29) is 31.8 Å². The highest BCUT2D eigenvalue weighted by atomic mass is 35.5. The van der Waals surface area contributed by atoms with Gasteiger partial charge in [-0.1, -0.05) is 76.7 Å². The highest BCUT2D eigenvalue weighted by Gasteiger charge is 2.52. The molecule has 0 aliphatic rings. The molecule has 0 saturated heterocycles. The van der Waals surface area contributed by atoms with Gasteiger partial charge in [-0.25, -0.2) is 0 Å². The summed E-state index contributed by atoms with van der Waals surface area (Å²) in [6.07, 6.45) is 0. The predicted octanol–water partition coefficient (Wildman–Crippen LogP) is 5.89. The maximum Gasteiger partial charge on any atom is 0.283 e. The number of halogens is 4. The SMILES string of the molecule is O=S(=O)(O)C(c1ccccc1)(c1cc(O)cc(O)c1Cl)c1c(Cl)ccc(Cl)c1Cl. The van der Waals surface area contributed by atoms with Crippen LogP contribution in [0, 0.1) is 0 Å². The lowest BCUT2D eigenvalue weighted by Crippen LogP contribution is -2.39. The smallest absolute Gasteiger partial charge is 0.283 e. The minimum Gasteiger partial charge on any atom is -0.508 e. The molecule has 0 heterocycles. The van der Waals surface area contributed by atoms with Crippen LogP contribution in [0.3, 0.4) is 0 Å². The first kappa shape index (κ1) is 22.0. The quantitative estimate of drug-likeness (QED) is 0.239. The van der Waals surface area contributed by atoms with Gasteiger partial charge in [0.1, 0.15) is 11.5 Å². The first-order valence-corrected chi connectivity index (χ1v) is 10.9. The van der Waals surface area contributed by atoms with Gasteiger partial charge in [0.05, 0.1) is 15.1 Å². The van der Waals surface area contributed by atoms with Crippen molar-refractivity contribution in [3.63, 3.8) is 0 Å². The molecule has 10 heteroatoms. The minimum absolute atomic E-state index is 0.000432. The van der Waals surface area contributed by atoms with Crippen molar-refractivity contribution in [2.75, 3.05) is 0 Å². The zero-order chi connectivity index (χ0) is 21.6. The molecule has 3 N–H and O–H groups in total. The number of rotatable bonds is 4. The summed E-state index contributed by atoms with van der Waals surface area (Å²) < 4.78 is 34.0. The van der Waals surface area contributed by atoms with Crippen molar-refractivity contribution < 1.29 is 23.2 Å². The van der Waals surface area contributed by atoms with Gasteiger partial charge >= 0.3 is 0 Å². The summed E-state index contributed by atoms with van der Waals surface area (Å²) in [6, 6.07) is 12.1. The Labute approximate surface area is 186 Å². The third-order valence-electron chi connectivity index (χ3n) is 4.38. The van der Waals surface area contributed by atoms with Gasteiger partial charge < -0.3 is 10.2 Å². The van der Waals surface area contributed by atoms with Crippen LogP contribution in [-0.4, -0.2) is 23.2 Å². The number of benzene rings is 3.